The third kappa shape index (κ3) is 3.26. The molecule has 7 heteroatoms. The molecule has 1 aliphatic rings. The Kier molecular flexibility index (Phi) is 4.57. The highest BCUT2D eigenvalue weighted by Crippen LogP contribution is 2.24. The van der Waals surface area contributed by atoms with Crippen LogP contribution in [0.2, 0.25) is 5.02 Å². The number of carbonyl (C=O) groups excluding carboxylic acids is 1. The molecule has 2 atom stereocenters. The van der Waals surface area contributed by atoms with Gasteiger partial charge in [0.2, 0.25) is 0 Å². The van der Waals surface area contributed by atoms with Crippen molar-refractivity contribution in [2.24, 2.45) is 5.73 Å². The zero-order chi connectivity index (χ0) is 14.7. The van der Waals surface area contributed by atoms with Crippen LogP contribution in [0, 0.1) is 10.1 Å². The Morgan fingerprint density at radius 1 is 1.40 bits per heavy atom. The summed E-state index contributed by atoms with van der Waals surface area (Å²) >= 11 is 5.81. The standard InChI is InChI=1S/C13H16ClN3O3/c14-8-5-6-12(17(19)20)9(7-8)13(18)16-11-4-2-1-3-10(11)15/h5-7,10-11H,1-4,15H2,(H,16,18). The molecule has 1 saturated carbocycles. The lowest BCUT2D eigenvalue weighted by atomic mass is 9.91. The predicted molar refractivity (Wildman–Crippen MR) is 75.8 cm³/mol. The van der Waals surface area contributed by atoms with Crippen molar-refractivity contribution in [3.63, 3.8) is 0 Å². The molecule has 0 saturated heterocycles. The van der Waals surface area contributed by atoms with Crippen LogP contribution < -0.4 is 11.1 Å². The second-order valence-corrected chi connectivity index (χ2v) is 5.38. The van der Waals surface area contributed by atoms with E-state index in [1.54, 1.807) is 0 Å². The van der Waals surface area contributed by atoms with E-state index >= 15 is 0 Å². The van der Waals surface area contributed by atoms with Crippen molar-refractivity contribution in [3.05, 3.63) is 38.9 Å². The Bertz CT molecular complexity index is 536. The fourth-order valence-electron chi connectivity index (χ4n) is 2.43. The van der Waals surface area contributed by atoms with E-state index in [4.69, 9.17) is 17.3 Å². The number of nitrogens with one attached hydrogen (secondary N) is 1. The highest BCUT2D eigenvalue weighted by Gasteiger charge is 2.27. The summed E-state index contributed by atoms with van der Waals surface area (Å²) < 4.78 is 0. The summed E-state index contributed by atoms with van der Waals surface area (Å²) in [6.07, 6.45) is 3.69. The Hall–Kier alpha value is -1.66. The third-order valence-electron chi connectivity index (χ3n) is 3.54. The topological polar surface area (TPSA) is 98.3 Å². The average Bonchev–Trinajstić information content (AvgIpc) is 2.40. The van der Waals surface area contributed by atoms with Crippen molar-refractivity contribution < 1.29 is 9.72 Å². The van der Waals surface area contributed by atoms with Gasteiger partial charge in [-0.25, -0.2) is 0 Å². The van der Waals surface area contributed by atoms with Crippen LogP contribution in [0.25, 0.3) is 0 Å². The van der Waals surface area contributed by atoms with Crippen molar-refractivity contribution in [2.45, 2.75) is 37.8 Å². The lowest BCUT2D eigenvalue weighted by Crippen LogP contribution is -2.49. The molecular formula is C13H16ClN3O3. The van der Waals surface area contributed by atoms with Gasteiger partial charge in [0.1, 0.15) is 5.56 Å². The molecule has 1 aromatic rings. The summed E-state index contributed by atoms with van der Waals surface area (Å²) in [5, 5.41) is 14.0. The van der Waals surface area contributed by atoms with E-state index in [1.807, 2.05) is 0 Å². The van der Waals surface area contributed by atoms with Crippen LogP contribution in [0.5, 0.6) is 0 Å². The zero-order valence-corrected chi connectivity index (χ0v) is 11.6. The minimum atomic E-state index is -0.591. The average molecular weight is 298 g/mol. The minimum absolute atomic E-state index is 0.0275. The molecule has 20 heavy (non-hydrogen) atoms. The summed E-state index contributed by atoms with van der Waals surface area (Å²) in [5.74, 6) is -0.499. The Balaban J connectivity index is 2.20. The Morgan fingerprint density at radius 2 is 2.10 bits per heavy atom. The number of amides is 1. The fourth-order valence-corrected chi connectivity index (χ4v) is 2.61. The van der Waals surface area contributed by atoms with Crippen LogP contribution >= 0.6 is 11.6 Å². The summed E-state index contributed by atoms with van der Waals surface area (Å²) in [7, 11) is 0. The van der Waals surface area contributed by atoms with Gasteiger partial charge in [-0.05, 0) is 25.0 Å². The number of nitrogens with two attached hydrogens (primary N) is 1. The van der Waals surface area contributed by atoms with Gasteiger partial charge < -0.3 is 11.1 Å². The third-order valence-corrected chi connectivity index (χ3v) is 3.77. The van der Waals surface area contributed by atoms with Gasteiger partial charge in [-0.3, -0.25) is 14.9 Å². The fraction of sp³-hybridized carbons (Fsp3) is 0.462. The molecule has 0 heterocycles. The molecular weight excluding hydrogens is 282 g/mol. The number of halogens is 1. The van der Waals surface area contributed by atoms with Gasteiger partial charge in [0.15, 0.2) is 0 Å². The SMILES string of the molecule is NC1CCCCC1NC(=O)c1cc(Cl)ccc1[N+](=O)[O-]. The smallest absolute Gasteiger partial charge is 0.282 e. The molecule has 1 aromatic carbocycles. The minimum Gasteiger partial charge on any atom is -0.348 e. The second kappa shape index (κ2) is 6.19. The predicted octanol–water partition coefficient (Wildman–Crippen LogP) is 2.25. The molecule has 0 radical (unpaired) electrons. The number of hydrogen-bond acceptors (Lipinski definition) is 4. The number of benzene rings is 1. The Labute approximate surface area is 121 Å². The molecule has 2 rings (SSSR count). The van der Waals surface area contributed by atoms with E-state index in [2.05, 4.69) is 5.32 Å². The van der Waals surface area contributed by atoms with Gasteiger partial charge in [-0.2, -0.15) is 0 Å². The van der Waals surface area contributed by atoms with Crippen LogP contribution in [0.15, 0.2) is 18.2 Å². The van der Waals surface area contributed by atoms with Gasteiger partial charge in [0, 0.05) is 23.2 Å². The number of hydrogen-bond donors (Lipinski definition) is 2. The van der Waals surface area contributed by atoms with Crippen LogP contribution in [0.1, 0.15) is 36.0 Å². The maximum absolute atomic E-state index is 12.2. The molecule has 6 nitrogen and oxygen atoms in total. The lowest BCUT2D eigenvalue weighted by molar-refractivity contribution is -0.385. The maximum atomic E-state index is 12.2. The van der Waals surface area contributed by atoms with Crippen molar-refractivity contribution >= 4 is 23.2 Å². The molecule has 108 valence electrons. The van der Waals surface area contributed by atoms with Gasteiger partial charge in [-0.1, -0.05) is 24.4 Å². The van der Waals surface area contributed by atoms with Crippen LogP contribution in [-0.2, 0) is 0 Å². The molecule has 2 unspecified atom stereocenters. The number of rotatable bonds is 3. The van der Waals surface area contributed by atoms with E-state index in [0.717, 1.165) is 25.7 Å². The Morgan fingerprint density at radius 3 is 2.75 bits per heavy atom. The first kappa shape index (κ1) is 14.7. The number of nitrogens with zero attached hydrogens (tertiary/aromatic N) is 1. The van der Waals surface area contributed by atoms with Gasteiger partial charge >= 0.3 is 0 Å². The summed E-state index contributed by atoms with van der Waals surface area (Å²) in [5.41, 5.74) is 5.68. The zero-order valence-electron chi connectivity index (χ0n) is 10.8. The van der Waals surface area contributed by atoms with Gasteiger partial charge in [0.05, 0.1) is 4.92 Å². The number of nitro groups is 1. The number of nitro benzene ring substituents is 1. The highest BCUT2D eigenvalue weighted by atomic mass is 35.5. The molecule has 1 aliphatic carbocycles. The highest BCUT2D eigenvalue weighted by molar-refractivity contribution is 6.31. The van der Waals surface area contributed by atoms with Crippen LogP contribution in [0.4, 0.5) is 5.69 Å². The van der Waals surface area contributed by atoms with E-state index < -0.39 is 10.8 Å². The molecule has 0 spiro atoms. The molecule has 0 bridgehead atoms. The van der Waals surface area contributed by atoms with Crippen molar-refractivity contribution in [1.82, 2.24) is 5.32 Å². The largest absolute Gasteiger partial charge is 0.348 e. The molecule has 0 aliphatic heterocycles. The van der Waals surface area contributed by atoms with Crippen molar-refractivity contribution in [1.29, 1.82) is 0 Å². The summed E-state index contributed by atoms with van der Waals surface area (Å²) in [4.78, 5) is 22.6. The van der Waals surface area contributed by atoms with E-state index in [-0.39, 0.29) is 28.4 Å². The van der Waals surface area contributed by atoms with Crippen LogP contribution in [-0.4, -0.2) is 22.9 Å². The van der Waals surface area contributed by atoms with Gasteiger partial charge in [-0.15, -0.1) is 0 Å². The first-order valence-electron chi connectivity index (χ1n) is 6.49. The van der Waals surface area contributed by atoms with E-state index in [9.17, 15) is 14.9 Å². The molecule has 3 N–H and O–H groups in total. The molecule has 1 fully saturated rings. The second-order valence-electron chi connectivity index (χ2n) is 4.95. The normalized spacial score (nSPS) is 22.3. The van der Waals surface area contributed by atoms with E-state index in [1.165, 1.54) is 18.2 Å². The summed E-state index contributed by atoms with van der Waals surface area (Å²) in [6, 6.07) is 3.69. The lowest BCUT2D eigenvalue weighted by Gasteiger charge is -2.29. The quantitative estimate of drug-likeness (QED) is 0.660. The van der Waals surface area contributed by atoms with Crippen LogP contribution in [0.3, 0.4) is 0 Å². The number of carbonyl (C=O) groups is 1. The van der Waals surface area contributed by atoms with Gasteiger partial charge in [0.25, 0.3) is 11.6 Å². The van der Waals surface area contributed by atoms with E-state index in [0.29, 0.717) is 0 Å². The monoisotopic (exact) mass is 297 g/mol. The maximum Gasteiger partial charge on any atom is 0.282 e. The summed E-state index contributed by atoms with van der Waals surface area (Å²) in [6.45, 7) is 0. The first-order chi connectivity index (χ1) is 9.49. The van der Waals surface area contributed by atoms with Crippen molar-refractivity contribution in [2.75, 3.05) is 0 Å². The first-order valence-corrected chi connectivity index (χ1v) is 6.87. The van der Waals surface area contributed by atoms with Crippen molar-refractivity contribution in [3.8, 4) is 0 Å². The molecule has 1 amide bonds. The molecule has 0 aromatic heterocycles.